The predicted octanol–water partition coefficient (Wildman–Crippen LogP) is 1.76. The number of carboxylic acids is 1. The van der Waals surface area contributed by atoms with Gasteiger partial charge in [0.05, 0.1) is 0 Å². The molecule has 2 N–H and O–H groups in total. The van der Waals surface area contributed by atoms with Gasteiger partial charge in [0.25, 0.3) is 0 Å². The Morgan fingerprint density at radius 3 is 2.53 bits per heavy atom. The van der Waals surface area contributed by atoms with E-state index in [0.717, 1.165) is 0 Å². The smallest absolute Gasteiger partial charge is 0.328 e. The molecule has 1 aliphatic rings. The van der Waals surface area contributed by atoms with E-state index in [9.17, 15) is 9.90 Å². The highest BCUT2D eigenvalue weighted by Gasteiger charge is 2.36. The second kappa shape index (κ2) is 5.09. The number of carboxylic acid groups (broad SMARTS) is 1. The van der Waals surface area contributed by atoms with E-state index in [-0.39, 0.29) is 6.04 Å². The van der Waals surface area contributed by atoms with Gasteiger partial charge < -0.3 is 14.6 Å². The van der Waals surface area contributed by atoms with Gasteiger partial charge in [0.15, 0.2) is 11.5 Å². The lowest BCUT2D eigenvalue weighted by Gasteiger charge is -2.30. The zero-order chi connectivity index (χ0) is 14.0. The number of rotatable bonds is 4. The number of ether oxygens (including phenoxy) is 2. The van der Waals surface area contributed by atoms with E-state index in [1.165, 1.54) is 0 Å². The van der Waals surface area contributed by atoms with Crippen molar-refractivity contribution in [3.8, 4) is 11.5 Å². The van der Waals surface area contributed by atoms with Crippen LogP contribution >= 0.6 is 0 Å². The summed E-state index contributed by atoms with van der Waals surface area (Å²) in [4.78, 5) is 11.6. The van der Waals surface area contributed by atoms with Crippen molar-refractivity contribution < 1.29 is 19.4 Å². The zero-order valence-electron chi connectivity index (χ0n) is 11.4. The molecule has 0 bridgehead atoms. The fraction of sp³-hybridized carbons (Fsp3) is 0.500. The van der Waals surface area contributed by atoms with Crippen LogP contribution in [-0.4, -0.2) is 30.3 Å². The number of carbonyl (C=O) groups is 1. The zero-order valence-corrected chi connectivity index (χ0v) is 11.4. The third-order valence-electron chi connectivity index (χ3n) is 3.12. The van der Waals surface area contributed by atoms with Crippen LogP contribution in [0.3, 0.4) is 0 Å². The maximum absolute atomic E-state index is 11.6. The molecule has 0 saturated carbocycles. The normalized spacial score (nSPS) is 17.1. The van der Waals surface area contributed by atoms with E-state index >= 15 is 0 Å². The summed E-state index contributed by atoms with van der Waals surface area (Å²) in [6, 6.07) is 5.30. The van der Waals surface area contributed by atoms with E-state index < -0.39 is 11.5 Å². The molecule has 1 atom stereocenters. The van der Waals surface area contributed by atoms with Crippen molar-refractivity contribution >= 4 is 5.97 Å². The van der Waals surface area contributed by atoms with Gasteiger partial charge in [-0.1, -0.05) is 6.07 Å². The standard InChI is InChI=1S/C14H19NO4/c1-9(2)15-14(3,13(16)17)10-4-5-11-12(8-10)19-7-6-18-11/h4-5,8-9,15H,6-7H2,1-3H3,(H,16,17). The molecule has 1 heterocycles. The molecule has 0 amide bonds. The number of benzene rings is 1. The lowest BCUT2D eigenvalue weighted by atomic mass is 9.91. The molecule has 19 heavy (non-hydrogen) atoms. The molecule has 0 spiro atoms. The van der Waals surface area contributed by atoms with Crippen LogP contribution in [0.2, 0.25) is 0 Å². The van der Waals surface area contributed by atoms with Crippen LogP contribution in [0.15, 0.2) is 18.2 Å². The van der Waals surface area contributed by atoms with Crippen molar-refractivity contribution in [2.75, 3.05) is 13.2 Å². The Hall–Kier alpha value is -1.75. The SMILES string of the molecule is CC(C)NC(C)(C(=O)O)c1ccc2c(c1)OCCO2. The molecule has 5 heteroatoms. The highest BCUT2D eigenvalue weighted by Crippen LogP contribution is 2.34. The molecule has 0 aliphatic carbocycles. The predicted molar refractivity (Wildman–Crippen MR) is 70.7 cm³/mol. The number of hydrogen-bond acceptors (Lipinski definition) is 4. The van der Waals surface area contributed by atoms with Crippen LogP contribution in [0.4, 0.5) is 0 Å². The van der Waals surface area contributed by atoms with Crippen molar-refractivity contribution in [1.82, 2.24) is 5.32 Å². The molecule has 0 aromatic heterocycles. The van der Waals surface area contributed by atoms with Crippen LogP contribution < -0.4 is 14.8 Å². The maximum Gasteiger partial charge on any atom is 0.328 e. The summed E-state index contributed by atoms with van der Waals surface area (Å²) in [7, 11) is 0. The van der Waals surface area contributed by atoms with E-state index in [0.29, 0.717) is 30.3 Å². The summed E-state index contributed by atoms with van der Waals surface area (Å²) in [5, 5.41) is 12.6. The molecule has 1 aliphatic heterocycles. The van der Waals surface area contributed by atoms with Crippen LogP contribution in [0.25, 0.3) is 0 Å². The third kappa shape index (κ3) is 2.66. The molecule has 2 rings (SSSR count). The van der Waals surface area contributed by atoms with E-state index in [1.807, 2.05) is 13.8 Å². The molecule has 1 aromatic carbocycles. The number of fused-ring (bicyclic) bond motifs is 1. The second-order valence-corrected chi connectivity index (χ2v) is 5.09. The third-order valence-corrected chi connectivity index (χ3v) is 3.12. The molecule has 5 nitrogen and oxygen atoms in total. The molecule has 0 saturated heterocycles. The maximum atomic E-state index is 11.6. The van der Waals surface area contributed by atoms with Gasteiger partial charge in [-0.15, -0.1) is 0 Å². The first-order valence-electron chi connectivity index (χ1n) is 6.34. The highest BCUT2D eigenvalue weighted by atomic mass is 16.6. The molecule has 0 radical (unpaired) electrons. The monoisotopic (exact) mass is 265 g/mol. The van der Waals surface area contributed by atoms with Gasteiger partial charge in [-0.25, -0.2) is 4.79 Å². The van der Waals surface area contributed by atoms with Gasteiger partial charge in [0.2, 0.25) is 0 Å². The van der Waals surface area contributed by atoms with Gasteiger partial charge in [0.1, 0.15) is 18.8 Å². The first-order chi connectivity index (χ1) is 8.93. The van der Waals surface area contributed by atoms with Crippen LogP contribution in [-0.2, 0) is 10.3 Å². The Bertz CT molecular complexity index is 486. The Balaban J connectivity index is 2.39. The summed E-state index contributed by atoms with van der Waals surface area (Å²) in [6.45, 7) is 6.49. The van der Waals surface area contributed by atoms with Gasteiger partial charge >= 0.3 is 5.97 Å². The van der Waals surface area contributed by atoms with Crippen LogP contribution in [0, 0.1) is 0 Å². The minimum absolute atomic E-state index is 0.0503. The van der Waals surface area contributed by atoms with E-state index in [4.69, 9.17) is 9.47 Å². The summed E-state index contributed by atoms with van der Waals surface area (Å²) in [6.07, 6.45) is 0. The second-order valence-electron chi connectivity index (χ2n) is 5.09. The van der Waals surface area contributed by atoms with Gasteiger partial charge in [-0.05, 0) is 38.5 Å². The van der Waals surface area contributed by atoms with Crippen LogP contribution in [0.1, 0.15) is 26.3 Å². The van der Waals surface area contributed by atoms with Crippen molar-refractivity contribution in [1.29, 1.82) is 0 Å². The minimum Gasteiger partial charge on any atom is -0.486 e. The molecular formula is C14H19NO4. The number of hydrogen-bond donors (Lipinski definition) is 2. The Morgan fingerprint density at radius 1 is 1.32 bits per heavy atom. The lowest BCUT2D eigenvalue weighted by molar-refractivity contribution is -0.144. The first-order valence-corrected chi connectivity index (χ1v) is 6.34. The average Bonchev–Trinajstić information content (AvgIpc) is 2.37. The Morgan fingerprint density at radius 2 is 1.95 bits per heavy atom. The summed E-state index contributed by atoms with van der Waals surface area (Å²) >= 11 is 0. The topological polar surface area (TPSA) is 67.8 Å². The largest absolute Gasteiger partial charge is 0.486 e. The fourth-order valence-corrected chi connectivity index (χ4v) is 2.20. The van der Waals surface area contributed by atoms with Crippen LogP contribution in [0.5, 0.6) is 11.5 Å². The quantitative estimate of drug-likeness (QED) is 0.868. The van der Waals surface area contributed by atoms with E-state index in [1.54, 1.807) is 25.1 Å². The van der Waals surface area contributed by atoms with Crippen molar-refractivity contribution in [3.63, 3.8) is 0 Å². The summed E-state index contributed by atoms with van der Waals surface area (Å²) in [5.74, 6) is 0.340. The summed E-state index contributed by atoms with van der Waals surface area (Å²) in [5.41, 5.74) is -0.498. The molecule has 1 unspecified atom stereocenters. The summed E-state index contributed by atoms with van der Waals surface area (Å²) < 4.78 is 10.9. The van der Waals surface area contributed by atoms with Crippen molar-refractivity contribution in [3.05, 3.63) is 23.8 Å². The van der Waals surface area contributed by atoms with E-state index in [2.05, 4.69) is 5.32 Å². The van der Waals surface area contributed by atoms with Crippen molar-refractivity contribution in [2.45, 2.75) is 32.4 Å². The van der Waals surface area contributed by atoms with Gasteiger partial charge in [0, 0.05) is 6.04 Å². The molecular weight excluding hydrogens is 246 g/mol. The molecule has 0 fully saturated rings. The highest BCUT2D eigenvalue weighted by molar-refractivity contribution is 5.80. The van der Waals surface area contributed by atoms with Gasteiger partial charge in [-0.3, -0.25) is 5.32 Å². The molecule has 1 aromatic rings. The molecule has 104 valence electrons. The fourth-order valence-electron chi connectivity index (χ4n) is 2.20. The lowest BCUT2D eigenvalue weighted by Crippen LogP contribution is -2.49. The first kappa shape index (κ1) is 13.7. The number of nitrogens with one attached hydrogen (secondary N) is 1. The average molecular weight is 265 g/mol. The minimum atomic E-state index is -1.15. The Labute approximate surface area is 112 Å². The van der Waals surface area contributed by atoms with Gasteiger partial charge in [-0.2, -0.15) is 0 Å². The number of aliphatic carboxylic acids is 1. The van der Waals surface area contributed by atoms with Crippen molar-refractivity contribution in [2.24, 2.45) is 0 Å². The Kier molecular flexibility index (Phi) is 3.66.